The van der Waals surface area contributed by atoms with Gasteiger partial charge in [-0.3, -0.25) is 0 Å². The van der Waals surface area contributed by atoms with Gasteiger partial charge >= 0.3 is 0 Å². The first kappa shape index (κ1) is 24.8. The van der Waals surface area contributed by atoms with Crippen LogP contribution in [0.1, 0.15) is 18.9 Å². The van der Waals surface area contributed by atoms with Crippen molar-refractivity contribution in [1.82, 2.24) is 0 Å². The highest BCUT2D eigenvalue weighted by Gasteiger charge is 2.34. The summed E-state index contributed by atoms with van der Waals surface area (Å²) in [6, 6.07) is 27.2. The molecule has 1 atom stereocenters. The largest absolute Gasteiger partial charge is 0.453 e. The Morgan fingerprint density at radius 3 is 2.24 bits per heavy atom. The van der Waals surface area contributed by atoms with Crippen LogP contribution in [0.3, 0.4) is 0 Å². The normalized spacial score (nSPS) is 14.1. The molecule has 6 rings (SSSR count). The standard InChI is InChI=1S/C29H25BrN2O5S/c1-2-19-9-7-16-26-28(19)32(22-12-4-6-15-25(22)35-26)27(37-38(33)34)17-18-31-21-11-3-5-14-24(21)36-29-20(30)10-8-13-23(29)31/h3-16,27,38H,2,17-18H2,1H3. The van der Waals surface area contributed by atoms with Crippen LogP contribution in [0.4, 0.5) is 22.7 Å². The Morgan fingerprint density at radius 2 is 1.47 bits per heavy atom. The molecule has 0 N–H and O–H groups in total. The van der Waals surface area contributed by atoms with Crippen molar-refractivity contribution in [3.8, 4) is 23.0 Å². The van der Waals surface area contributed by atoms with Crippen LogP contribution >= 0.6 is 15.9 Å². The summed E-state index contributed by atoms with van der Waals surface area (Å²) in [7, 11) is -3.13. The quantitative estimate of drug-likeness (QED) is 0.223. The average molecular weight is 593 g/mol. The Labute approximate surface area is 231 Å². The summed E-state index contributed by atoms with van der Waals surface area (Å²) in [5.41, 5.74) is 4.41. The number of hydrogen-bond acceptors (Lipinski definition) is 7. The zero-order valence-electron chi connectivity index (χ0n) is 20.5. The van der Waals surface area contributed by atoms with E-state index in [4.69, 9.17) is 13.7 Å². The van der Waals surface area contributed by atoms with E-state index in [-0.39, 0.29) is 0 Å². The van der Waals surface area contributed by atoms with E-state index in [1.54, 1.807) is 0 Å². The van der Waals surface area contributed by atoms with Gasteiger partial charge in [0, 0.05) is 13.0 Å². The number of halogens is 1. The van der Waals surface area contributed by atoms with Gasteiger partial charge in [0.2, 0.25) is 0 Å². The van der Waals surface area contributed by atoms with Crippen LogP contribution in [0.2, 0.25) is 0 Å². The van der Waals surface area contributed by atoms with Crippen LogP contribution in [-0.4, -0.2) is 21.2 Å². The Morgan fingerprint density at radius 1 is 0.816 bits per heavy atom. The van der Waals surface area contributed by atoms with Crippen molar-refractivity contribution in [2.24, 2.45) is 0 Å². The molecular formula is C29H25BrN2O5S. The minimum absolute atomic E-state index is 0.370. The van der Waals surface area contributed by atoms with Gasteiger partial charge in [-0.1, -0.05) is 49.4 Å². The molecule has 1 unspecified atom stereocenters. The van der Waals surface area contributed by atoms with E-state index in [0.29, 0.717) is 30.2 Å². The summed E-state index contributed by atoms with van der Waals surface area (Å²) < 4.78 is 43.0. The molecule has 194 valence electrons. The second-order valence-corrected chi connectivity index (χ2v) is 10.5. The van der Waals surface area contributed by atoms with Crippen LogP contribution in [0.25, 0.3) is 0 Å². The third kappa shape index (κ3) is 4.40. The molecule has 4 aromatic carbocycles. The van der Waals surface area contributed by atoms with Gasteiger partial charge in [0.15, 0.2) is 29.2 Å². The monoisotopic (exact) mass is 592 g/mol. The third-order valence-electron chi connectivity index (χ3n) is 6.75. The summed E-state index contributed by atoms with van der Waals surface area (Å²) in [5.74, 6) is 2.77. The number of anilines is 4. The van der Waals surface area contributed by atoms with Crippen molar-refractivity contribution in [2.75, 3.05) is 16.3 Å². The number of nitrogens with zero attached hydrogens (tertiary/aromatic N) is 2. The van der Waals surface area contributed by atoms with Crippen molar-refractivity contribution in [3.63, 3.8) is 0 Å². The van der Waals surface area contributed by atoms with Gasteiger partial charge in [-0.2, -0.15) is 0 Å². The number of aryl methyl sites for hydroxylation is 1. The zero-order chi connectivity index (χ0) is 26.2. The van der Waals surface area contributed by atoms with Crippen LogP contribution in [0.15, 0.2) is 89.4 Å². The fourth-order valence-corrected chi connectivity index (χ4v) is 5.95. The molecule has 0 saturated heterocycles. The van der Waals surface area contributed by atoms with Gasteiger partial charge < -0.3 is 19.3 Å². The molecule has 0 amide bonds. The second-order valence-electron chi connectivity index (χ2n) is 8.94. The summed E-state index contributed by atoms with van der Waals surface area (Å²) in [6.07, 6.45) is 0.313. The molecule has 4 aromatic rings. The second kappa shape index (κ2) is 10.3. The lowest BCUT2D eigenvalue weighted by atomic mass is 10.0. The number of fused-ring (bicyclic) bond motifs is 4. The van der Waals surface area contributed by atoms with Gasteiger partial charge in [0.05, 0.1) is 27.2 Å². The maximum Gasteiger partial charge on any atom is 0.259 e. The lowest BCUT2D eigenvalue weighted by Crippen LogP contribution is -2.38. The van der Waals surface area contributed by atoms with Crippen molar-refractivity contribution < 1.29 is 22.1 Å². The van der Waals surface area contributed by atoms with E-state index in [9.17, 15) is 8.42 Å². The number of para-hydroxylation sites is 6. The first-order valence-corrected chi connectivity index (χ1v) is 14.3. The Kier molecular flexibility index (Phi) is 6.73. The minimum Gasteiger partial charge on any atom is -0.453 e. The van der Waals surface area contributed by atoms with Gasteiger partial charge in [0.25, 0.3) is 11.0 Å². The van der Waals surface area contributed by atoms with Crippen molar-refractivity contribution in [1.29, 1.82) is 0 Å². The van der Waals surface area contributed by atoms with E-state index in [2.05, 4.69) is 27.8 Å². The molecule has 7 nitrogen and oxygen atoms in total. The molecule has 2 aliphatic heterocycles. The summed E-state index contributed by atoms with van der Waals surface area (Å²) in [6.45, 7) is 2.54. The van der Waals surface area contributed by atoms with E-state index < -0.39 is 17.2 Å². The Balaban J connectivity index is 1.43. The lowest BCUT2D eigenvalue weighted by Gasteiger charge is -2.39. The molecular weight excluding hydrogens is 568 g/mol. The fourth-order valence-electron chi connectivity index (χ4n) is 5.12. The van der Waals surface area contributed by atoms with E-state index in [0.717, 1.165) is 45.0 Å². The maximum absolute atomic E-state index is 12.0. The van der Waals surface area contributed by atoms with E-state index in [1.807, 2.05) is 89.8 Å². The third-order valence-corrected chi connectivity index (χ3v) is 7.79. The maximum atomic E-state index is 12.0. The van der Waals surface area contributed by atoms with Gasteiger partial charge in [-0.25, -0.2) is 12.6 Å². The highest BCUT2D eigenvalue weighted by molar-refractivity contribution is 9.10. The summed E-state index contributed by atoms with van der Waals surface area (Å²) in [5, 5.41) is 0. The predicted octanol–water partition coefficient (Wildman–Crippen LogP) is 7.46. The van der Waals surface area contributed by atoms with Crippen LogP contribution in [0, 0.1) is 0 Å². The molecule has 0 aromatic heterocycles. The number of thiol groups is 1. The van der Waals surface area contributed by atoms with E-state index in [1.165, 1.54) is 0 Å². The number of ether oxygens (including phenoxy) is 2. The summed E-state index contributed by atoms with van der Waals surface area (Å²) >= 11 is 3.61. The van der Waals surface area contributed by atoms with Crippen molar-refractivity contribution in [2.45, 2.75) is 26.0 Å². The molecule has 0 spiro atoms. The highest BCUT2D eigenvalue weighted by atomic mass is 79.9. The Bertz CT molecular complexity index is 1580. The number of rotatable bonds is 7. The SMILES string of the molecule is CCc1cccc2c1N(C(CCN1c3ccccc3Oc3c(Br)cccc31)O[SH](=O)=O)c1ccccc1O2. The fraction of sp³-hybridized carbons (Fsp3) is 0.172. The lowest BCUT2D eigenvalue weighted by molar-refractivity contribution is 0.213. The predicted molar refractivity (Wildman–Crippen MR) is 152 cm³/mol. The molecule has 0 fully saturated rings. The van der Waals surface area contributed by atoms with Crippen LogP contribution < -0.4 is 19.3 Å². The minimum atomic E-state index is -3.13. The van der Waals surface area contributed by atoms with Crippen LogP contribution in [-0.2, 0) is 21.6 Å². The van der Waals surface area contributed by atoms with Crippen molar-refractivity contribution in [3.05, 3.63) is 95.0 Å². The molecule has 0 bridgehead atoms. The Hall–Kier alpha value is -3.53. The molecule has 0 aliphatic carbocycles. The molecule has 2 aliphatic rings. The zero-order valence-corrected chi connectivity index (χ0v) is 23.0. The van der Waals surface area contributed by atoms with Crippen LogP contribution in [0.5, 0.6) is 23.0 Å². The average Bonchev–Trinajstić information content (AvgIpc) is 2.93. The highest BCUT2D eigenvalue weighted by Crippen LogP contribution is 2.51. The molecule has 0 saturated carbocycles. The smallest absolute Gasteiger partial charge is 0.259 e. The molecule has 9 heteroatoms. The van der Waals surface area contributed by atoms with E-state index >= 15 is 0 Å². The number of hydrogen-bond donors (Lipinski definition) is 1. The molecule has 2 heterocycles. The number of benzene rings is 4. The van der Waals surface area contributed by atoms with Crippen molar-refractivity contribution >= 4 is 49.7 Å². The topological polar surface area (TPSA) is 68.3 Å². The first-order valence-electron chi connectivity index (χ1n) is 12.4. The summed E-state index contributed by atoms with van der Waals surface area (Å²) in [4.78, 5) is 4.11. The van der Waals surface area contributed by atoms with Gasteiger partial charge in [-0.05, 0) is 70.4 Å². The molecule has 0 radical (unpaired) electrons. The van der Waals surface area contributed by atoms with Gasteiger partial charge in [-0.15, -0.1) is 0 Å². The molecule has 38 heavy (non-hydrogen) atoms. The van der Waals surface area contributed by atoms with Gasteiger partial charge in [0.1, 0.15) is 0 Å². The first-order chi connectivity index (χ1) is 18.5.